The van der Waals surface area contributed by atoms with Crippen LogP contribution in [0.2, 0.25) is 0 Å². The molecule has 0 aromatic carbocycles. The lowest BCUT2D eigenvalue weighted by Crippen LogP contribution is -2.43. The molecule has 3 fully saturated rings. The molecule has 11 nitrogen and oxygen atoms in total. The highest BCUT2D eigenvalue weighted by molar-refractivity contribution is 5.78. The van der Waals surface area contributed by atoms with Gasteiger partial charge >= 0.3 is 17.9 Å². The standard InChI is InChI=1S/C51H77NO10/c1-9-10-11-12-13-14-15-16-17-18-19-20-21-25-46(53)61-45-32-42(37(5)48(56-8)36(4)24-22-23-34(2)28-40-33-57-38(6)52-40)60-50(55)49-43(59-49)30-39-29-41(58-47(54)31-39)35(3)26-27-44-51(45,7)62-44/h22-24,26-28,33,35,37,39,41-45,48-49H,9-21,25,29-32H2,1-8H3/t35-,37+,39+,41+,42-,43-,44+,45+,48-,49+,51+/m1/s1. The molecule has 0 saturated carbocycles. The van der Waals surface area contributed by atoms with Crippen LogP contribution in [0, 0.1) is 24.7 Å². The van der Waals surface area contributed by atoms with Crippen molar-refractivity contribution in [2.45, 2.75) is 212 Å². The number of hydrogen-bond donors (Lipinski definition) is 0. The highest BCUT2D eigenvalue weighted by atomic mass is 16.7. The molecule has 5 heterocycles. The number of carbonyl (C=O) groups excluding carboxylic acids is 3. The van der Waals surface area contributed by atoms with Gasteiger partial charge in [-0.3, -0.25) is 9.59 Å². The molecule has 0 N–H and O–H groups in total. The fourth-order valence-electron chi connectivity index (χ4n) is 9.29. The maximum atomic E-state index is 13.9. The minimum atomic E-state index is -0.851. The SMILES string of the molecule is CCCCCCCCCCCCCCCC(=O)O[C@H]1C[C@H]([C@H](C)[C@H](OC)C(C)=CC=CC(C)=Cc2coc(C)n2)OC(=O)[C@H]2O[C@@H]2C[C@H]2CC(=O)O[C@@H](C2)[C@H](C)C=C[C@@H]2O[C@@]21C. The monoisotopic (exact) mass is 864 g/mol. The molecule has 1 aromatic rings. The van der Waals surface area contributed by atoms with E-state index in [4.69, 9.17) is 32.8 Å². The van der Waals surface area contributed by atoms with Crippen LogP contribution < -0.4 is 0 Å². The van der Waals surface area contributed by atoms with Crippen LogP contribution in [0.1, 0.15) is 169 Å². The first-order valence-electron chi connectivity index (χ1n) is 23.9. The number of allylic oxidation sites excluding steroid dienone is 4. The van der Waals surface area contributed by atoms with E-state index in [9.17, 15) is 14.4 Å². The van der Waals surface area contributed by atoms with E-state index in [1.54, 1.807) is 13.4 Å². The van der Waals surface area contributed by atoms with Crippen LogP contribution in [0.5, 0.6) is 0 Å². The van der Waals surface area contributed by atoms with Gasteiger partial charge in [0.05, 0.1) is 12.2 Å². The molecule has 62 heavy (non-hydrogen) atoms. The number of carbonyl (C=O) groups is 3. The number of epoxide rings is 2. The molecular weight excluding hydrogens is 787 g/mol. The fraction of sp³-hybridized carbons (Fsp3) is 0.725. The van der Waals surface area contributed by atoms with Gasteiger partial charge in [0.2, 0.25) is 0 Å². The van der Waals surface area contributed by atoms with E-state index < -0.39 is 36.0 Å². The normalized spacial score (nSPS) is 30.3. The zero-order valence-corrected chi connectivity index (χ0v) is 39.1. The number of nitrogens with zero attached hydrogens (tertiary/aromatic N) is 1. The maximum Gasteiger partial charge on any atom is 0.338 e. The quantitative estimate of drug-likeness (QED) is 0.0275. The Morgan fingerprint density at radius 3 is 2.24 bits per heavy atom. The van der Waals surface area contributed by atoms with Crippen molar-refractivity contribution in [2.24, 2.45) is 17.8 Å². The summed E-state index contributed by atoms with van der Waals surface area (Å²) < 4.78 is 42.3. The number of rotatable bonds is 22. The number of hydrogen-bond acceptors (Lipinski definition) is 11. The Morgan fingerprint density at radius 1 is 0.935 bits per heavy atom. The lowest BCUT2D eigenvalue weighted by Gasteiger charge is -2.34. The molecule has 5 rings (SSSR count). The molecule has 2 bridgehead atoms. The minimum absolute atomic E-state index is 0.0425. The number of methoxy groups -OCH3 is 1. The van der Waals surface area contributed by atoms with Gasteiger partial charge in [-0.2, -0.15) is 0 Å². The van der Waals surface area contributed by atoms with Crippen LogP contribution in [0.15, 0.2) is 52.2 Å². The Bertz CT molecular complexity index is 1710. The van der Waals surface area contributed by atoms with Gasteiger partial charge in [-0.25, -0.2) is 9.78 Å². The van der Waals surface area contributed by atoms with Crippen LogP contribution in [0.3, 0.4) is 0 Å². The molecule has 11 atom stereocenters. The largest absolute Gasteiger partial charge is 0.462 e. The van der Waals surface area contributed by atoms with Crippen molar-refractivity contribution in [1.82, 2.24) is 4.98 Å². The van der Waals surface area contributed by atoms with Crippen LogP contribution in [0.4, 0.5) is 0 Å². The number of esters is 3. The molecule has 346 valence electrons. The second-order valence-electron chi connectivity index (χ2n) is 18.8. The molecule has 0 aliphatic carbocycles. The number of oxazole rings is 1. The number of aromatic nitrogens is 1. The van der Waals surface area contributed by atoms with E-state index in [2.05, 4.69) is 18.0 Å². The van der Waals surface area contributed by atoms with E-state index in [1.165, 1.54) is 64.2 Å². The van der Waals surface area contributed by atoms with Gasteiger partial charge in [-0.15, -0.1) is 0 Å². The molecule has 0 radical (unpaired) electrons. The fourth-order valence-corrected chi connectivity index (χ4v) is 9.29. The van der Waals surface area contributed by atoms with Gasteiger partial charge in [0.25, 0.3) is 0 Å². The Balaban J connectivity index is 1.27. The second-order valence-corrected chi connectivity index (χ2v) is 18.8. The molecule has 4 aliphatic heterocycles. The molecule has 0 unspecified atom stereocenters. The third-order valence-electron chi connectivity index (χ3n) is 13.4. The van der Waals surface area contributed by atoms with Crippen molar-refractivity contribution in [2.75, 3.05) is 7.11 Å². The molecule has 4 aliphatic rings. The molecular formula is C51H77NO10. The third-order valence-corrected chi connectivity index (χ3v) is 13.4. The topological polar surface area (TPSA) is 139 Å². The van der Waals surface area contributed by atoms with Gasteiger partial charge in [0, 0.05) is 45.1 Å². The van der Waals surface area contributed by atoms with Crippen molar-refractivity contribution in [3.05, 3.63) is 59.4 Å². The molecule has 0 amide bonds. The summed E-state index contributed by atoms with van der Waals surface area (Å²) in [7, 11) is 1.65. The van der Waals surface area contributed by atoms with Crippen molar-refractivity contribution in [3.63, 3.8) is 0 Å². The highest BCUT2D eigenvalue weighted by Gasteiger charge is 2.59. The average molecular weight is 864 g/mol. The van der Waals surface area contributed by atoms with Crippen LogP contribution in [-0.4, -0.2) is 78.3 Å². The van der Waals surface area contributed by atoms with E-state index in [1.807, 2.05) is 71.9 Å². The Hall–Kier alpha value is -3.54. The predicted octanol–water partition coefficient (Wildman–Crippen LogP) is 11.1. The van der Waals surface area contributed by atoms with E-state index in [-0.39, 0.29) is 54.4 Å². The average Bonchev–Trinajstić information content (AvgIpc) is 4.11. The number of cyclic esters (lactones) is 1. The summed E-state index contributed by atoms with van der Waals surface area (Å²) in [5.41, 5.74) is 1.83. The first kappa shape index (κ1) is 49.5. The smallest absolute Gasteiger partial charge is 0.338 e. The molecule has 0 spiro atoms. The zero-order valence-electron chi connectivity index (χ0n) is 39.1. The van der Waals surface area contributed by atoms with E-state index in [0.717, 1.165) is 36.1 Å². The van der Waals surface area contributed by atoms with Gasteiger partial charge in [0.1, 0.15) is 42.0 Å². The first-order valence-corrected chi connectivity index (χ1v) is 23.9. The Kier molecular flexibility index (Phi) is 19.6. The lowest BCUT2D eigenvalue weighted by atomic mass is 9.84. The predicted molar refractivity (Wildman–Crippen MR) is 240 cm³/mol. The van der Waals surface area contributed by atoms with Crippen LogP contribution >= 0.6 is 0 Å². The van der Waals surface area contributed by atoms with Crippen LogP contribution in [-0.2, 0) is 42.8 Å². The van der Waals surface area contributed by atoms with Crippen molar-refractivity contribution in [1.29, 1.82) is 0 Å². The van der Waals surface area contributed by atoms with Crippen molar-refractivity contribution < 1.29 is 47.2 Å². The number of fused-ring (bicyclic) bond motifs is 4. The lowest BCUT2D eigenvalue weighted by molar-refractivity contribution is -0.164. The Morgan fingerprint density at radius 2 is 1.60 bits per heavy atom. The van der Waals surface area contributed by atoms with Gasteiger partial charge < -0.3 is 32.8 Å². The minimum Gasteiger partial charge on any atom is -0.462 e. The summed E-state index contributed by atoms with van der Waals surface area (Å²) in [6.45, 7) is 14.1. The molecule has 3 saturated heterocycles. The van der Waals surface area contributed by atoms with E-state index >= 15 is 0 Å². The van der Waals surface area contributed by atoms with Gasteiger partial charge in [-0.05, 0) is 63.2 Å². The second kappa shape index (κ2) is 24.5. The van der Waals surface area contributed by atoms with Gasteiger partial charge in [0.15, 0.2) is 12.0 Å². The maximum absolute atomic E-state index is 13.9. The number of aryl methyl sites for hydroxylation is 1. The summed E-state index contributed by atoms with van der Waals surface area (Å²) in [6, 6.07) is 0. The van der Waals surface area contributed by atoms with Crippen molar-refractivity contribution in [3.8, 4) is 0 Å². The number of unbranched alkanes of at least 4 members (excludes halogenated alkanes) is 12. The summed E-state index contributed by atoms with van der Waals surface area (Å²) in [6.07, 6.45) is 28.0. The third kappa shape index (κ3) is 15.3. The summed E-state index contributed by atoms with van der Waals surface area (Å²) in [5, 5.41) is 0. The van der Waals surface area contributed by atoms with Crippen LogP contribution in [0.25, 0.3) is 6.08 Å². The Labute approximate surface area is 371 Å². The van der Waals surface area contributed by atoms with Crippen molar-refractivity contribution >= 4 is 24.0 Å². The van der Waals surface area contributed by atoms with Gasteiger partial charge in [-0.1, -0.05) is 128 Å². The highest BCUT2D eigenvalue weighted by Crippen LogP contribution is 2.46. The first-order chi connectivity index (χ1) is 29.8. The molecule has 1 aromatic heterocycles. The van der Waals surface area contributed by atoms with E-state index in [0.29, 0.717) is 31.6 Å². The summed E-state index contributed by atoms with van der Waals surface area (Å²) >= 11 is 0. The summed E-state index contributed by atoms with van der Waals surface area (Å²) in [4.78, 5) is 44.6. The molecule has 11 heteroatoms. The number of ether oxygens (including phenoxy) is 6. The summed E-state index contributed by atoms with van der Waals surface area (Å²) in [5.74, 6) is -0.712. The zero-order chi connectivity index (χ0) is 44.6.